The molecule has 1 aliphatic rings. The predicted octanol–water partition coefficient (Wildman–Crippen LogP) is 3.79. The number of unbranched alkanes of at least 4 members (excludes halogenated alkanes) is 2. The SMILES string of the molecule is Cc1ccccc1NC(=O)CCCCCN1C(=O)c2ccccc2C1=O. The summed E-state index contributed by atoms with van der Waals surface area (Å²) in [5.74, 6) is -0.453. The third kappa shape index (κ3) is 3.82. The van der Waals surface area contributed by atoms with Gasteiger partial charge in [-0.1, -0.05) is 36.8 Å². The summed E-state index contributed by atoms with van der Waals surface area (Å²) in [4.78, 5) is 37.8. The van der Waals surface area contributed by atoms with Crippen LogP contribution in [0.5, 0.6) is 0 Å². The third-order valence-corrected chi connectivity index (χ3v) is 4.58. The van der Waals surface area contributed by atoms with Gasteiger partial charge in [0.25, 0.3) is 11.8 Å². The highest BCUT2D eigenvalue weighted by atomic mass is 16.2. The van der Waals surface area contributed by atoms with Crippen molar-refractivity contribution in [3.05, 3.63) is 65.2 Å². The maximum Gasteiger partial charge on any atom is 0.261 e. The van der Waals surface area contributed by atoms with E-state index in [0.29, 0.717) is 30.5 Å². The monoisotopic (exact) mass is 350 g/mol. The number of rotatable bonds is 7. The van der Waals surface area contributed by atoms with Crippen LogP contribution in [0.3, 0.4) is 0 Å². The fraction of sp³-hybridized carbons (Fsp3) is 0.286. The Morgan fingerprint density at radius 1 is 0.885 bits per heavy atom. The van der Waals surface area contributed by atoms with E-state index in [1.807, 2.05) is 31.2 Å². The summed E-state index contributed by atoms with van der Waals surface area (Å²) in [7, 11) is 0. The highest BCUT2D eigenvalue weighted by Crippen LogP contribution is 2.23. The lowest BCUT2D eigenvalue weighted by atomic mass is 10.1. The highest BCUT2D eigenvalue weighted by molar-refractivity contribution is 6.21. The Hall–Kier alpha value is -2.95. The van der Waals surface area contributed by atoms with Crippen molar-refractivity contribution in [3.63, 3.8) is 0 Å². The zero-order valence-electron chi connectivity index (χ0n) is 14.8. The van der Waals surface area contributed by atoms with Crippen molar-refractivity contribution in [3.8, 4) is 0 Å². The number of nitrogens with zero attached hydrogens (tertiary/aromatic N) is 1. The van der Waals surface area contributed by atoms with E-state index in [1.54, 1.807) is 24.3 Å². The van der Waals surface area contributed by atoms with Crippen LogP contribution in [0.2, 0.25) is 0 Å². The van der Waals surface area contributed by atoms with Crippen LogP contribution >= 0.6 is 0 Å². The molecule has 0 saturated heterocycles. The molecule has 26 heavy (non-hydrogen) atoms. The number of benzene rings is 2. The predicted molar refractivity (Wildman–Crippen MR) is 100 cm³/mol. The molecule has 0 bridgehead atoms. The standard InChI is InChI=1S/C21H22N2O3/c1-15-9-4-7-12-18(15)22-19(24)13-3-2-8-14-23-20(25)16-10-5-6-11-17(16)21(23)26/h4-7,9-12H,2-3,8,13-14H2,1H3,(H,22,24). The molecule has 1 heterocycles. The van der Waals surface area contributed by atoms with E-state index in [-0.39, 0.29) is 17.7 Å². The minimum absolute atomic E-state index is 0.0139. The zero-order valence-corrected chi connectivity index (χ0v) is 14.8. The van der Waals surface area contributed by atoms with Crippen LogP contribution in [0.15, 0.2) is 48.5 Å². The van der Waals surface area contributed by atoms with E-state index in [4.69, 9.17) is 0 Å². The van der Waals surface area contributed by atoms with Gasteiger partial charge in [0.15, 0.2) is 0 Å². The molecule has 0 spiro atoms. The molecular formula is C21H22N2O3. The quantitative estimate of drug-likeness (QED) is 0.610. The summed E-state index contributed by atoms with van der Waals surface area (Å²) in [5, 5.41) is 2.91. The van der Waals surface area contributed by atoms with Crippen LogP contribution < -0.4 is 5.32 Å². The summed E-state index contributed by atoms with van der Waals surface area (Å²) >= 11 is 0. The van der Waals surface area contributed by atoms with Crippen molar-refractivity contribution in [2.75, 3.05) is 11.9 Å². The van der Waals surface area contributed by atoms with Crippen molar-refractivity contribution in [2.24, 2.45) is 0 Å². The number of anilines is 1. The molecule has 134 valence electrons. The van der Waals surface area contributed by atoms with Gasteiger partial charge in [-0.05, 0) is 43.5 Å². The smallest absolute Gasteiger partial charge is 0.261 e. The molecule has 1 N–H and O–H groups in total. The first-order valence-corrected chi connectivity index (χ1v) is 8.88. The molecule has 1 aliphatic heterocycles. The first kappa shape index (κ1) is 17.9. The van der Waals surface area contributed by atoms with Crippen LogP contribution in [0.25, 0.3) is 0 Å². The summed E-state index contributed by atoms with van der Waals surface area (Å²) in [6.45, 7) is 2.35. The van der Waals surface area contributed by atoms with Crippen LogP contribution in [-0.2, 0) is 4.79 Å². The molecule has 3 amide bonds. The van der Waals surface area contributed by atoms with Crippen LogP contribution in [0.4, 0.5) is 5.69 Å². The molecule has 2 aromatic rings. The van der Waals surface area contributed by atoms with Gasteiger partial charge < -0.3 is 5.32 Å². The highest BCUT2D eigenvalue weighted by Gasteiger charge is 2.34. The van der Waals surface area contributed by atoms with Gasteiger partial charge in [0.1, 0.15) is 0 Å². The van der Waals surface area contributed by atoms with Crippen molar-refractivity contribution in [1.29, 1.82) is 0 Å². The summed E-state index contributed by atoms with van der Waals surface area (Å²) < 4.78 is 0. The van der Waals surface area contributed by atoms with Gasteiger partial charge in [-0.25, -0.2) is 0 Å². The van der Waals surface area contributed by atoms with E-state index in [9.17, 15) is 14.4 Å². The number of imide groups is 1. The molecule has 0 aromatic heterocycles. The van der Waals surface area contributed by atoms with Crippen molar-refractivity contribution >= 4 is 23.4 Å². The van der Waals surface area contributed by atoms with Crippen LogP contribution in [-0.4, -0.2) is 29.2 Å². The number of hydrogen-bond acceptors (Lipinski definition) is 3. The largest absolute Gasteiger partial charge is 0.326 e. The number of fused-ring (bicyclic) bond motifs is 1. The third-order valence-electron chi connectivity index (χ3n) is 4.58. The molecule has 3 rings (SSSR count). The molecule has 0 fully saturated rings. The van der Waals surface area contributed by atoms with Crippen LogP contribution in [0.1, 0.15) is 52.0 Å². The Kier molecular flexibility index (Phi) is 5.46. The first-order valence-electron chi connectivity index (χ1n) is 8.88. The average Bonchev–Trinajstić information content (AvgIpc) is 2.88. The number of aryl methyl sites for hydroxylation is 1. The van der Waals surface area contributed by atoms with E-state index < -0.39 is 0 Å². The van der Waals surface area contributed by atoms with E-state index in [0.717, 1.165) is 24.1 Å². The van der Waals surface area contributed by atoms with Gasteiger partial charge in [-0.2, -0.15) is 0 Å². The fourth-order valence-electron chi connectivity index (χ4n) is 3.10. The molecule has 0 radical (unpaired) electrons. The Morgan fingerprint density at radius 2 is 1.50 bits per heavy atom. The Morgan fingerprint density at radius 3 is 2.15 bits per heavy atom. The van der Waals surface area contributed by atoms with Gasteiger partial charge in [-0.3, -0.25) is 19.3 Å². The van der Waals surface area contributed by atoms with Gasteiger partial charge in [0.2, 0.25) is 5.91 Å². The molecule has 2 aromatic carbocycles. The lowest BCUT2D eigenvalue weighted by Gasteiger charge is -2.13. The minimum Gasteiger partial charge on any atom is -0.326 e. The first-order chi connectivity index (χ1) is 12.6. The number of amides is 3. The second-order valence-electron chi connectivity index (χ2n) is 6.48. The van der Waals surface area contributed by atoms with Gasteiger partial charge >= 0.3 is 0 Å². The Balaban J connectivity index is 1.40. The maximum absolute atomic E-state index is 12.3. The topological polar surface area (TPSA) is 66.5 Å². The number of nitrogens with one attached hydrogen (secondary N) is 1. The Labute approximate surface area is 153 Å². The average molecular weight is 350 g/mol. The van der Waals surface area contributed by atoms with Crippen molar-refractivity contribution < 1.29 is 14.4 Å². The second kappa shape index (κ2) is 7.95. The lowest BCUT2D eigenvalue weighted by Crippen LogP contribution is -2.30. The van der Waals surface area contributed by atoms with Gasteiger partial charge in [-0.15, -0.1) is 0 Å². The molecular weight excluding hydrogens is 328 g/mol. The molecule has 0 atom stereocenters. The molecule has 0 unspecified atom stereocenters. The second-order valence-corrected chi connectivity index (χ2v) is 6.48. The van der Waals surface area contributed by atoms with E-state index in [1.165, 1.54) is 4.90 Å². The van der Waals surface area contributed by atoms with Crippen molar-refractivity contribution in [2.45, 2.75) is 32.6 Å². The van der Waals surface area contributed by atoms with Gasteiger partial charge in [0, 0.05) is 18.7 Å². The number of carbonyl (C=O) groups excluding carboxylic acids is 3. The molecule has 5 heteroatoms. The number of para-hydroxylation sites is 1. The molecule has 0 aliphatic carbocycles. The number of carbonyl (C=O) groups is 3. The number of hydrogen-bond donors (Lipinski definition) is 1. The lowest BCUT2D eigenvalue weighted by molar-refractivity contribution is -0.116. The Bertz CT molecular complexity index is 810. The molecule has 0 saturated carbocycles. The van der Waals surface area contributed by atoms with Crippen LogP contribution in [0, 0.1) is 6.92 Å². The summed E-state index contributed by atoms with van der Waals surface area (Å²) in [5.41, 5.74) is 2.83. The van der Waals surface area contributed by atoms with Gasteiger partial charge in [0.05, 0.1) is 11.1 Å². The summed E-state index contributed by atoms with van der Waals surface area (Å²) in [6, 6.07) is 14.6. The summed E-state index contributed by atoms with van der Waals surface area (Å²) in [6.07, 6.45) is 2.63. The maximum atomic E-state index is 12.3. The fourth-order valence-corrected chi connectivity index (χ4v) is 3.10. The van der Waals surface area contributed by atoms with E-state index in [2.05, 4.69) is 5.32 Å². The zero-order chi connectivity index (χ0) is 18.5. The molecule has 5 nitrogen and oxygen atoms in total. The van der Waals surface area contributed by atoms with E-state index >= 15 is 0 Å². The van der Waals surface area contributed by atoms with Crippen molar-refractivity contribution in [1.82, 2.24) is 4.90 Å². The normalized spacial score (nSPS) is 13.0. The minimum atomic E-state index is -0.220.